The van der Waals surface area contributed by atoms with Gasteiger partial charge in [0, 0.05) is 11.0 Å². The summed E-state index contributed by atoms with van der Waals surface area (Å²) in [6.45, 7) is 0.487. The standard InChI is InChI=1S/C18H25BrN2O2/c19-14-6-4-5-13(11-14)18(9-2-1-3-10-18)21-17(22)16-8-7-15(12-20)23-16/h4-6,11,15-16H,1-3,7-10,12,20H2,(H,21,22)/t15-,16+/m1/s1. The van der Waals surface area contributed by atoms with E-state index in [1.165, 1.54) is 12.0 Å². The molecule has 1 aromatic rings. The summed E-state index contributed by atoms with van der Waals surface area (Å²) in [4.78, 5) is 12.7. The quantitative estimate of drug-likeness (QED) is 0.842. The Hall–Kier alpha value is -0.910. The van der Waals surface area contributed by atoms with Crippen LogP contribution in [0.3, 0.4) is 0 Å². The number of amides is 1. The van der Waals surface area contributed by atoms with Gasteiger partial charge < -0.3 is 15.8 Å². The van der Waals surface area contributed by atoms with E-state index in [1.807, 2.05) is 12.1 Å². The zero-order chi connectivity index (χ0) is 16.3. The summed E-state index contributed by atoms with van der Waals surface area (Å²) in [5, 5.41) is 3.34. The summed E-state index contributed by atoms with van der Waals surface area (Å²) < 4.78 is 6.82. The van der Waals surface area contributed by atoms with Crippen molar-refractivity contribution >= 4 is 21.8 Å². The van der Waals surface area contributed by atoms with Gasteiger partial charge >= 0.3 is 0 Å². The van der Waals surface area contributed by atoms with Crippen molar-refractivity contribution in [3.8, 4) is 0 Å². The first-order valence-electron chi connectivity index (χ1n) is 8.56. The second-order valence-electron chi connectivity index (χ2n) is 6.70. The topological polar surface area (TPSA) is 64.4 Å². The molecule has 126 valence electrons. The molecule has 3 N–H and O–H groups in total. The lowest BCUT2D eigenvalue weighted by molar-refractivity contribution is -0.134. The summed E-state index contributed by atoms with van der Waals surface area (Å²) in [5.41, 5.74) is 6.58. The van der Waals surface area contributed by atoms with Crippen LogP contribution in [0.2, 0.25) is 0 Å². The summed E-state index contributed by atoms with van der Waals surface area (Å²) in [7, 11) is 0. The molecular formula is C18H25BrN2O2. The molecule has 1 aliphatic carbocycles. The van der Waals surface area contributed by atoms with Gasteiger partial charge in [0.2, 0.25) is 5.91 Å². The Kier molecular flexibility index (Phi) is 5.39. The zero-order valence-corrected chi connectivity index (χ0v) is 15.0. The van der Waals surface area contributed by atoms with E-state index in [4.69, 9.17) is 10.5 Å². The van der Waals surface area contributed by atoms with Gasteiger partial charge in [0.1, 0.15) is 6.10 Å². The third-order valence-corrected chi connectivity index (χ3v) is 5.60. The van der Waals surface area contributed by atoms with Crippen LogP contribution in [0.25, 0.3) is 0 Å². The molecule has 1 saturated heterocycles. The van der Waals surface area contributed by atoms with Gasteiger partial charge in [-0.15, -0.1) is 0 Å². The maximum Gasteiger partial charge on any atom is 0.249 e. The van der Waals surface area contributed by atoms with E-state index in [-0.39, 0.29) is 23.7 Å². The average Bonchev–Trinajstić information content (AvgIpc) is 3.05. The van der Waals surface area contributed by atoms with Crippen LogP contribution < -0.4 is 11.1 Å². The van der Waals surface area contributed by atoms with Crippen LogP contribution in [0.1, 0.15) is 50.5 Å². The number of carbonyl (C=O) groups excluding carboxylic acids is 1. The third-order valence-electron chi connectivity index (χ3n) is 5.11. The summed E-state index contributed by atoms with van der Waals surface area (Å²) in [5.74, 6) is 0.0165. The van der Waals surface area contributed by atoms with Gasteiger partial charge in [-0.3, -0.25) is 4.79 Å². The number of nitrogens with one attached hydrogen (secondary N) is 1. The lowest BCUT2D eigenvalue weighted by Crippen LogP contribution is -2.50. The molecule has 23 heavy (non-hydrogen) atoms. The molecule has 0 radical (unpaired) electrons. The summed E-state index contributed by atoms with van der Waals surface area (Å²) in [6, 6.07) is 8.31. The lowest BCUT2D eigenvalue weighted by atomic mass is 9.76. The third kappa shape index (κ3) is 3.78. The Bertz CT molecular complexity index is 558. The molecule has 0 bridgehead atoms. The van der Waals surface area contributed by atoms with Crippen LogP contribution >= 0.6 is 15.9 Å². The fourth-order valence-electron chi connectivity index (χ4n) is 3.82. The Morgan fingerprint density at radius 3 is 2.74 bits per heavy atom. The Morgan fingerprint density at radius 1 is 1.30 bits per heavy atom. The van der Waals surface area contributed by atoms with E-state index >= 15 is 0 Å². The van der Waals surface area contributed by atoms with Crippen molar-refractivity contribution in [2.45, 2.75) is 62.7 Å². The Morgan fingerprint density at radius 2 is 2.09 bits per heavy atom. The largest absolute Gasteiger partial charge is 0.364 e. The van der Waals surface area contributed by atoms with Crippen molar-refractivity contribution in [2.24, 2.45) is 5.73 Å². The monoisotopic (exact) mass is 380 g/mol. The van der Waals surface area contributed by atoms with E-state index in [9.17, 15) is 4.79 Å². The number of halogens is 1. The maximum absolute atomic E-state index is 12.7. The number of nitrogens with two attached hydrogens (primary N) is 1. The van der Waals surface area contributed by atoms with Crippen LogP contribution in [0.4, 0.5) is 0 Å². The Labute approximate surface area is 146 Å². The number of rotatable bonds is 4. The van der Waals surface area contributed by atoms with Crippen LogP contribution in [0.15, 0.2) is 28.7 Å². The minimum absolute atomic E-state index is 0.0165. The van der Waals surface area contributed by atoms with Gasteiger partial charge in [-0.2, -0.15) is 0 Å². The van der Waals surface area contributed by atoms with E-state index in [0.29, 0.717) is 6.54 Å². The predicted octanol–water partition coefficient (Wildman–Crippen LogP) is 3.23. The normalized spacial score (nSPS) is 26.9. The van der Waals surface area contributed by atoms with Crippen molar-refractivity contribution < 1.29 is 9.53 Å². The molecule has 1 amide bonds. The minimum atomic E-state index is -0.352. The highest BCUT2D eigenvalue weighted by molar-refractivity contribution is 9.10. The molecule has 1 heterocycles. The molecule has 2 atom stereocenters. The predicted molar refractivity (Wildman–Crippen MR) is 94.0 cm³/mol. The number of hydrogen-bond donors (Lipinski definition) is 2. The van der Waals surface area contributed by atoms with Crippen molar-refractivity contribution in [3.63, 3.8) is 0 Å². The van der Waals surface area contributed by atoms with Gasteiger partial charge in [0.25, 0.3) is 0 Å². The van der Waals surface area contributed by atoms with Gasteiger partial charge in [0.15, 0.2) is 0 Å². The number of ether oxygens (including phenoxy) is 1. The Balaban J connectivity index is 1.78. The van der Waals surface area contributed by atoms with E-state index in [0.717, 1.165) is 43.0 Å². The molecule has 0 aromatic heterocycles. The zero-order valence-electron chi connectivity index (χ0n) is 13.4. The smallest absolute Gasteiger partial charge is 0.249 e. The van der Waals surface area contributed by atoms with Crippen LogP contribution in [0.5, 0.6) is 0 Å². The van der Waals surface area contributed by atoms with Gasteiger partial charge in [-0.25, -0.2) is 0 Å². The lowest BCUT2D eigenvalue weighted by Gasteiger charge is -2.39. The molecule has 0 spiro atoms. The van der Waals surface area contributed by atoms with E-state index in [2.05, 4.69) is 33.4 Å². The van der Waals surface area contributed by atoms with Gasteiger partial charge in [0.05, 0.1) is 11.6 Å². The van der Waals surface area contributed by atoms with E-state index in [1.54, 1.807) is 0 Å². The van der Waals surface area contributed by atoms with Gasteiger partial charge in [-0.05, 0) is 43.4 Å². The van der Waals surface area contributed by atoms with Crippen molar-refractivity contribution in [2.75, 3.05) is 6.54 Å². The fraction of sp³-hybridized carbons (Fsp3) is 0.611. The van der Waals surface area contributed by atoms with Crippen molar-refractivity contribution in [1.29, 1.82) is 0 Å². The highest BCUT2D eigenvalue weighted by Crippen LogP contribution is 2.38. The molecule has 5 heteroatoms. The molecule has 0 unspecified atom stereocenters. The molecule has 1 aromatic carbocycles. The summed E-state index contributed by atoms with van der Waals surface area (Å²) in [6.07, 6.45) is 6.81. The molecule has 3 rings (SSSR count). The number of benzene rings is 1. The first-order chi connectivity index (χ1) is 11.1. The van der Waals surface area contributed by atoms with Crippen LogP contribution in [-0.4, -0.2) is 24.7 Å². The van der Waals surface area contributed by atoms with Crippen LogP contribution in [-0.2, 0) is 15.1 Å². The second-order valence-corrected chi connectivity index (χ2v) is 7.62. The van der Waals surface area contributed by atoms with Crippen molar-refractivity contribution in [1.82, 2.24) is 5.32 Å². The first-order valence-corrected chi connectivity index (χ1v) is 9.36. The first kappa shape index (κ1) is 16.9. The number of carbonyl (C=O) groups is 1. The molecule has 1 saturated carbocycles. The molecule has 2 aliphatic rings. The maximum atomic E-state index is 12.7. The molecule has 1 aliphatic heterocycles. The molecular weight excluding hydrogens is 356 g/mol. The van der Waals surface area contributed by atoms with Crippen molar-refractivity contribution in [3.05, 3.63) is 34.3 Å². The molecule has 2 fully saturated rings. The highest BCUT2D eigenvalue weighted by atomic mass is 79.9. The fourth-order valence-corrected chi connectivity index (χ4v) is 4.21. The van der Waals surface area contributed by atoms with E-state index < -0.39 is 0 Å². The molecule has 4 nitrogen and oxygen atoms in total. The minimum Gasteiger partial charge on any atom is -0.364 e. The second kappa shape index (κ2) is 7.32. The summed E-state index contributed by atoms with van der Waals surface area (Å²) >= 11 is 3.55. The number of hydrogen-bond acceptors (Lipinski definition) is 3. The SMILES string of the molecule is NC[C@H]1CC[C@@H](C(=O)NC2(c3cccc(Br)c3)CCCCC2)O1. The highest BCUT2D eigenvalue weighted by Gasteiger charge is 2.39. The van der Waals surface area contributed by atoms with Crippen LogP contribution in [0, 0.1) is 0 Å². The average molecular weight is 381 g/mol. The van der Waals surface area contributed by atoms with Gasteiger partial charge in [-0.1, -0.05) is 47.3 Å².